The number of benzene rings is 2. The molecule has 0 saturated heterocycles. The molecule has 2 aromatic carbocycles. The van der Waals surface area contributed by atoms with Gasteiger partial charge in [-0.15, -0.1) is 11.3 Å². The van der Waals surface area contributed by atoms with Gasteiger partial charge in [0.2, 0.25) is 0 Å². The van der Waals surface area contributed by atoms with Gasteiger partial charge in [-0.1, -0.05) is 29.8 Å². The molecule has 4 rings (SSSR count). The Kier molecular flexibility index (Phi) is 4.00. The third-order valence-electron chi connectivity index (χ3n) is 3.98. The predicted octanol–water partition coefficient (Wildman–Crippen LogP) is 5.37. The van der Waals surface area contributed by atoms with E-state index in [1.165, 1.54) is 4.88 Å². The highest BCUT2D eigenvalue weighted by Crippen LogP contribution is 2.29. The number of phenols is 1. The van der Waals surface area contributed by atoms with E-state index in [1.54, 1.807) is 23.5 Å². The molecule has 3 nitrogen and oxygen atoms in total. The molecule has 0 unspecified atom stereocenters. The highest BCUT2D eigenvalue weighted by Gasteiger charge is 2.13. The molecule has 1 N–H and O–H groups in total. The lowest BCUT2D eigenvalue weighted by Gasteiger charge is -2.09. The lowest BCUT2D eigenvalue weighted by molar-refractivity contribution is 0.476. The maximum Gasteiger partial charge on any atom is 0.141 e. The molecule has 4 aromatic rings. The molecule has 2 aromatic heterocycles. The second-order valence-electron chi connectivity index (χ2n) is 5.60. The van der Waals surface area contributed by atoms with Gasteiger partial charge >= 0.3 is 0 Å². The zero-order valence-electron chi connectivity index (χ0n) is 12.8. The molecule has 0 fully saturated rings. The molecule has 0 aliphatic heterocycles. The molecule has 2 heterocycles. The summed E-state index contributed by atoms with van der Waals surface area (Å²) in [6, 6.07) is 17.2. The monoisotopic (exact) mass is 354 g/mol. The van der Waals surface area contributed by atoms with Crippen molar-refractivity contribution in [3.63, 3.8) is 0 Å². The van der Waals surface area contributed by atoms with Gasteiger partial charge in [0, 0.05) is 28.1 Å². The van der Waals surface area contributed by atoms with Crippen molar-refractivity contribution in [3.05, 3.63) is 69.9 Å². The van der Waals surface area contributed by atoms with E-state index in [-0.39, 0.29) is 5.75 Å². The van der Waals surface area contributed by atoms with Crippen LogP contribution in [-0.4, -0.2) is 14.7 Å². The van der Waals surface area contributed by atoms with E-state index >= 15 is 0 Å². The summed E-state index contributed by atoms with van der Waals surface area (Å²) in [6.07, 6.45) is 0.923. The zero-order chi connectivity index (χ0) is 16.5. The molecule has 5 heteroatoms. The van der Waals surface area contributed by atoms with Crippen molar-refractivity contribution in [2.45, 2.75) is 13.0 Å². The summed E-state index contributed by atoms with van der Waals surface area (Å²) in [5.74, 6) is 1.12. The van der Waals surface area contributed by atoms with E-state index in [1.807, 2.05) is 30.3 Å². The van der Waals surface area contributed by atoms with Gasteiger partial charge < -0.3 is 9.67 Å². The van der Waals surface area contributed by atoms with Crippen LogP contribution in [0.1, 0.15) is 4.88 Å². The highest BCUT2D eigenvalue weighted by atomic mass is 35.5. The number of aryl methyl sites for hydroxylation is 2. The Labute approximate surface area is 148 Å². The smallest absolute Gasteiger partial charge is 0.141 e. The van der Waals surface area contributed by atoms with Gasteiger partial charge in [0.1, 0.15) is 11.6 Å². The first kappa shape index (κ1) is 15.2. The number of thiophene rings is 1. The Morgan fingerprint density at radius 2 is 2.00 bits per heavy atom. The van der Waals surface area contributed by atoms with E-state index in [0.717, 1.165) is 35.4 Å². The third kappa shape index (κ3) is 2.90. The molecule has 0 atom stereocenters. The van der Waals surface area contributed by atoms with E-state index in [4.69, 9.17) is 16.6 Å². The first-order valence-corrected chi connectivity index (χ1v) is 8.94. The SMILES string of the molecule is Oc1ccc2nc(-c3cccc(Cl)c3)n(CCc3cccs3)c2c1. The van der Waals surface area contributed by atoms with Crippen LogP contribution in [0.25, 0.3) is 22.4 Å². The number of rotatable bonds is 4. The van der Waals surface area contributed by atoms with Crippen molar-refractivity contribution in [2.24, 2.45) is 0 Å². The Morgan fingerprint density at radius 1 is 1.08 bits per heavy atom. The Morgan fingerprint density at radius 3 is 2.79 bits per heavy atom. The van der Waals surface area contributed by atoms with Gasteiger partial charge in [-0.2, -0.15) is 0 Å². The van der Waals surface area contributed by atoms with Gasteiger partial charge in [-0.25, -0.2) is 4.98 Å². The van der Waals surface area contributed by atoms with Gasteiger partial charge in [0.05, 0.1) is 11.0 Å². The van der Waals surface area contributed by atoms with Crippen LogP contribution in [0.4, 0.5) is 0 Å². The average Bonchev–Trinajstić information content (AvgIpc) is 3.20. The minimum atomic E-state index is 0.248. The van der Waals surface area contributed by atoms with Crippen molar-refractivity contribution < 1.29 is 5.11 Å². The van der Waals surface area contributed by atoms with Crippen LogP contribution in [0.3, 0.4) is 0 Å². The fourth-order valence-corrected chi connectivity index (χ4v) is 3.75. The molecule has 0 saturated carbocycles. The van der Waals surface area contributed by atoms with E-state index in [2.05, 4.69) is 22.1 Å². The standard InChI is InChI=1S/C19H15ClN2OS/c20-14-4-1-3-13(11-14)19-21-17-7-6-15(23)12-18(17)22(19)9-8-16-5-2-10-24-16/h1-7,10-12,23H,8-9H2. The van der Waals surface area contributed by atoms with E-state index in [0.29, 0.717) is 5.02 Å². The molecule has 0 bridgehead atoms. The lowest BCUT2D eigenvalue weighted by atomic mass is 10.2. The van der Waals surface area contributed by atoms with E-state index in [9.17, 15) is 5.11 Å². The number of nitrogens with zero attached hydrogens (tertiary/aromatic N) is 2. The van der Waals surface area contributed by atoms with Crippen LogP contribution in [0.2, 0.25) is 5.02 Å². The molecular weight excluding hydrogens is 340 g/mol. The van der Waals surface area contributed by atoms with Gasteiger partial charge in [0.25, 0.3) is 0 Å². The maximum atomic E-state index is 9.87. The summed E-state index contributed by atoms with van der Waals surface area (Å²) in [4.78, 5) is 6.09. The van der Waals surface area contributed by atoms with Gasteiger partial charge in [-0.3, -0.25) is 0 Å². The second kappa shape index (κ2) is 6.30. The number of halogens is 1. The number of phenolic OH excluding ortho intramolecular Hbond substituents is 1. The van der Waals surface area contributed by atoms with Crippen LogP contribution in [0.5, 0.6) is 5.75 Å². The quantitative estimate of drug-likeness (QED) is 0.535. The number of aromatic nitrogens is 2. The predicted molar refractivity (Wildman–Crippen MR) is 99.9 cm³/mol. The third-order valence-corrected chi connectivity index (χ3v) is 5.15. The van der Waals surface area contributed by atoms with Crippen molar-refractivity contribution in [2.75, 3.05) is 0 Å². The second-order valence-corrected chi connectivity index (χ2v) is 7.07. The van der Waals surface area contributed by atoms with Crippen LogP contribution in [0.15, 0.2) is 60.0 Å². The molecule has 0 aliphatic rings. The number of hydrogen-bond donors (Lipinski definition) is 1. The average molecular weight is 355 g/mol. The highest BCUT2D eigenvalue weighted by molar-refractivity contribution is 7.09. The summed E-state index contributed by atoms with van der Waals surface area (Å²) >= 11 is 7.91. The molecule has 0 radical (unpaired) electrons. The Balaban J connectivity index is 1.83. The van der Waals surface area contributed by atoms with Crippen LogP contribution >= 0.6 is 22.9 Å². The number of fused-ring (bicyclic) bond motifs is 1. The summed E-state index contributed by atoms with van der Waals surface area (Å²) in [6.45, 7) is 0.794. The normalized spacial score (nSPS) is 11.2. The Bertz CT molecular complexity index is 992. The number of aromatic hydroxyl groups is 1. The van der Waals surface area contributed by atoms with Crippen molar-refractivity contribution >= 4 is 34.0 Å². The summed E-state index contributed by atoms with van der Waals surface area (Å²) in [5.41, 5.74) is 2.78. The fourth-order valence-electron chi connectivity index (χ4n) is 2.86. The molecule has 24 heavy (non-hydrogen) atoms. The molecule has 120 valence electrons. The van der Waals surface area contributed by atoms with Gasteiger partial charge in [0.15, 0.2) is 0 Å². The number of hydrogen-bond acceptors (Lipinski definition) is 3. The molecule has 0 amide bonds. The van der Waals surface area contributed by atoms with Crippen LogP contribution in [-0.2, 0) is 13.0 Å². The topological polar surface area (TPSA) is 38.1 Å². The van der Waals surface area contributed by atoms with Gasteiger partial charge in [-0.05, 0) is 42.1 Å². The summed E-state index contributed by atoms with van der Waals surface area (Å²) < 4.78 is 2.15. The zero-order valence-corrected chi connectivity index (χ0v) is 14.4. The van der Waals surface area contributed by atoms with Crippen LogP contribution < -0.4 is 0 Å². The van der Waals surface area contributed by atoms with Crippen molar-refractivity contribution in [1.82, 2.24) is 9.55 Å². The first-order valence-electron chi connectivity index (χ1n) is 7.68. The first-order chi connectivity index (χ1) is 11.7. The van der Waals surface area contributed by atoms with E-state index < -0.39 is 0 Å². The largest absolute Gasteiger partial charge is 0.508 e. The molecule has 0 aliphatic carbocycles. The lowest BCUT2D eigenvalue weighted by Crippen LogP contribution is -2.03. The Hall–Kier alpha value is -2.30. The van der Waals surface area contributed by atoms with Crippen molar-refractivity contribution in [1.29, 1.82) is 0 Å². The fraction of sp³-hybridized carbons (Fsp3) is 0.105. The molecule has 0 spiro atoms. The number of imidazole rings is 1. The minimum Gasteiger partial charge on any atom is -0.508 e. The van der Waals surface area contributed by atoms with Crippen molar-refractivity contribution in [3.8, 4) is 17.1 Å². The molecular formula is C19H15ClN2OS. The minimum absolute atomic E-state index is 0.248. The summed E-state index contributed by atoms with van der Waals surface area (Å²) in [5, 5.41) is 12.6. The van der Waals surface area contributed by atoms with Crippen LogP contribution in [0, 0.1) is 0 Å². The maximum absolute atomic E-state index is 9.87. The summed E-state index contributed by atoms with van der Waals surface area (Å²) in [7, 11) is 0.